The number of halogens is 2. The molecule has 0 aliphatic rings. The van der Waals surface area contributed by atoms with Gasteiger partial charge in [0, 0.05) is 21.3 Å². The maximum Gasteiger partial charge on any atom is 0.194 e. The second kappa shape index (κ2) is 5.12. The van der Waals surface area contributed by atoms with E-state index in [4.69, 9.17) is 17.3 Å². The number of carbonyl (C=O) groups excluding carboxylic acids is 1. The van der Waals surface area contributed by atoms with Crippen LogP contribution < -0.4 is 5.73 Å². The number of nitrogens with two attached hydrogens (primary N) is 1. The van der Waals surface area contributed by atoms with Crippen LogP contribution in [0.15, 0.2) is 40.9 Å². The van der Waals surface area contributed by atoms with Gasteiger partial charge >= 0.3 is 0 Å². The first-order chi connectivity index (χ1) is 8.49. The molecule has 18 heavy (non-hydrogen) atoms. The van der Waals surface area contributed by atoms with Crippen molar-refractivity contribution in [3.05, 3.63) is 62.6 Å². The molecule has 0 saturated heterocycles. The van der Waals surface area contributed by atoms with Crippen molar-refractivity contribution in [1.82, 2.24) is 0 Å². The summed E-state index contributed by atoms with van der Waals surface area (Å²) in [5.74, 6) is -0.101. The summed E-state index contributed by atoms with van der Waals surface area (Å²) in [5.41, 5.74) is 8.37. The summed E-state index contributed by atoms with van der Waals surface area (Å²) in [6, 6.07) is 10.4. The second-order valence-electron chi connectivity index (χ2n) is 4.02. The summed E-state index contributed by atoms with van der Waals surface area (Å²) in [6.45, 7) is 1.87. The maximum atomic E-state index is 12.3. The first kappa shape index (κ1) is 13.1. The third kappa shape index (κ3) is 2.57. The largest absolute Gasteiger partial charge is 0.399 e. The molecule has 0 spiro atoms. The van der Waals surface area contributed by atoms with E-state index in [0.717, 1.165) is 10.0 Å². The zero-order chi connectivity index (χ0) is 13.3. The monoisotopic (exact) mass is 323 g/mol. The molecular weight excluding hydrogens is 314 g/mol. The third-order valence-corrected chi connectivity index (χ3v) is 3.51. The molecule has 0 heterocycles. The Hall–Kier alpha value is -1.32. The van der Waals surface area contributed by atoms with Gasteiger partial charge in [-0.3, -0.25) is 4.79 Å². The van der Waals surface area contributed by atoms with Crippen LogP contribution in [0.3, 0.4) is 0 Å². The summed E-state index contributed by atoms with van der Waals surface area (Å²) >= 11 is 9.38. The van der Waals surface area contributed by atoms with Crippen molar-refractivity contribution in [1.29, 1.82) is 0 Å². The van der Waals surface area contributed by atoms with Gasteiger partial charge in [0.15, 0.2) is 5.78 Å². The number of benzene rings is 2. The number of anilines is 1. The van der Waals surface area contributed by atoms with Crippen LogP contribution in [0.25, 0.3) is 0 Å². The van der Waals surface area contributed by atoms with Crippen molar-refractivity contribution in [2.75, 3.05) is 5.73 Å². The highest BCUT2D eigenvalue weighted by Gasteiger charge is 2.13. The van der Waals surface area contributed by atoms with Crippen molar-refractivity contribution in [2.24, 2.45) is 0 Å². The molecule has 0 saturated carbocycles. The Bertz CT molecular complexity index is 625. The smallest absolute Gasteiger partial charge is 0.194 e. The van der Waals surface area contributed by atoms with Crippen LogP contribution in [0.5, 0.6) is 0 Å². The SMILES string of the molecule is Cc1cc(C(=O)c2ccc(Br)cc2Cl)ccc1N. The molecule has 0 fully saturated rings. The van der Waals surface area contributed by atoms with Gasteiger partial charge in [-0.15, -0.1) is 0 Å². The Morgan fingerprint density at radius 1 is 1.22 bits per heavy atom. The molecule has 2 aromatic carbocycles. The van der Waals surface area contributed by atoms with Gasteiger partial charge < -0.3 is 5.73 Å². The molecule has 0 atom stereocenters. The molecule has 0 amide bonds. The first-order valence-electron chi connectivity index (χ1n) is 5.35. The van der Waals surface area contributed by atoms with Crippen molar-refractivity contribution in [2.45, 2.75) is 6.92 Å². The van der Waals surface area contributed by atoms with Gasteiger partial charge in [-0.25, -0.2) is 0 Å². The van der Waals surface area contributed by atoms with E-state index >= 15 is 0 Å². The number of ketones is 1. The lowest BCUT2D eigenvalue weighted by molar-refractivity contribution is 0.103. The quantitative estimate of drug-likeness (QED) is 0.664. The van der Waals surface area contributed by atoms with Crippen LogP contribution in [-0.2, 0) is 0 Å². The molecule has 0 aromatic heterocycles. The van der Waals surface area contributed by atoms with E-state index in [2.05, 4.69) is 15.9 Å². The van der Waals surface area contributed by atoms with E-state index in [0.29, 0.717) is 21.8 Å². The molecule has 4 heteroatoms. The molecule has 2 nitrogen and oxygen atoms in total. The Morgan fingerprint density at radius 2 is 1.94 bits per heavy atom. The van der Waals surface area contributed by atoms with Crippen LogP contribution in [0.1, 0.15) is 21.5 Å². The zero-order valence-electron chi connectivity index (χ0n) is 9.71. The molecule has 0 aliphatic carbocycles. The van der Waals surface area contributed by atoms with E-state index in [1.165, 1.54) is 0 Å². The molecule has 2 aromatic rings. The molecule has 0 unspecified atom stereocenters. The fraction of sp³-hybridized carbons (Fsp3) is 0.0714. The normalized spacial score (nSPS) is 10.4. The molecule has 2 rings (SSSR count). The van der Waals surface area contributed by atoms with Gasteiger partial charge in [0.2, 0.25) is 0 Å². The Labute approximate surface area is 119 Å². The predicted molar refractivity (Wildman–Crippen MR) is 78.2 cm³/mol. The van der Waals surface area contributed by atoms with Crippen molar-refractivity contribution in [3.8, 4) is 0 Å². The topological polar surface area (TPSA) is 43.1 Å². The molecular formula is C14H11BrClNO. The Balaban J connectivity index is 2.44. The Kier molecular flexibility index (Phi) is 3.73. The van der Waals surface area contributed by atoms with E-state index in [-0.39, 0.29) is 5.78 Å². The van der Waals surface area contributed by atoms with Gasteiger partial charge in [-0.2, -0.15) is 0 Å². The fourth-order valence-corrected chi connectivity index (χ4v) is 2.41. The van der Waals surface area contributed by atoms with Crippen LogP contribution >= 0.6 is 27.5 Å². The van der Waals surface area contributed by atoms with Crippen LogP contribution in [0.2, 0.25) is 5.02 Å². The highest BCUT2D eigenvalue weighted by atomic mass is 79.9. The lowest BCUT2D eigenvalue weighted by Crippen LogP contribution is -2.03. The lowest BCUT2D eigenvalue weighted by atomic mass is 10.0. The zero-order valence-corrected chi connectivity index (χ0v) is 12.0. The molecule has 0 aliphatic heterocycles. The first-order valence-corrected chi connectivity index (χ1v) is 6.52. The number of aryl methyl sites for hydroxylation is 1. The van der Waals surface area contributed by atoms with Crippen LogP contribution in [0.4, 0.5) is 5.69 Å². The number of carbonyl (C=O) groups is 1. The number of hydrogen-bond donors (Lipinski definition) is 1. The molecule has 0 radical (unpaired) electrons. The summed E-state index contributed by atoms with van der Waals surface area (Å²) in [5, 5.41) is 0.434. The number of hydrogen-bond acceptors (Lipinski definition) is 2. The van der Waals surface area contributed by atoms with Crippen molar-refractivity contribution in [3.63, 3.8) is 0 Å². The van der Waals surface area contributed by atoms with Gasteiger partial charge in [0.1, 0.15) is 0 Å². The van der Waals surface area contributed by atoms with E-state index in [1.807, 2.05) is 6.92 Å². The average molecular weight is 325 g/mol. The minimum Gasteiger partial charge on any atom is -0.399 e. The van der Waals surface area contributed by atoms with E-state index in [9.17, 15) is 4.79 Å². The Morgan fingerprint density at radius 3 is 2.56 bits per heavy atom. The lowest BCUT2D eigenvalue weighted by Gasteiger charge is -2.06. The average Bonchev–Trinajstić information content (AvgIpc) is 2.32. The van der Waals surface area contributed by atoms with Crippen LogP contribution in [0, 0.1) is 6.92 Å². The maximum absolute atomic E-state index is 12.3. The standard InChI is InChI=1S/C14H11BrClNO/c1-8-6-9(2-5-13(8)17)14(18)11-4-3-10(15)7-12(11)16/h2-7H,17H2,1H3. The predicted octanol–water partition coefficient (Wildman–Crippen LogP) is 4.22. The summed E-state index contributed by atoms with van der Waals surface area (Å²) in [7, 11) is 0. The number of rotatable bonds is 2. The third-order valence-electron chi connectivity index (χ3n) is 2.71. The minimum atomic E-state index is -0.101. The van der Waals surface area contributed by atoms with E-state index < -0.39 is 0 Å². The van der Waals surface area contributed by atoms with Gasteiger partial charge in [-0.1, -0.05) is 27.5 Å². The summed E-state index contributed by atoms with van der Waals surface area (Å²) in [6.07, 6.45) is 0. The van der Waals surface area contributed by atoms with Crippen molar-refractivity contribution < 1.29 is 4.79 Å². The highest BCUT2D eigenvalue weighted by Crippen LogP contribution is 2.24. The van der Waals surface area contributed by atoms with E-state index in [1.54, 1.807) is 36.4 Å². The van der Waals surface area contributed by atoms with Gasteiger partial charge in [0.25, 0.3) is 0 Å². The van der Waals surface area contributed by atoms with Crippen LogP contribution in [-0.4, -0.2) is 5.78 Å². The summed E-state index contributed by atoms with van der Waals surface area (Å²) < 4.78 is 0.845. The molecule has 92 valence electrons. The van der Waals surface area contributed by atoms with Gasteiger partial charge in [0.05, 0.1) is 5.02 Å². The highest BCUT2D eigenvalue weighted by molar-refractivity contribution is 9.10. The molecule has 2 N–H and O–H groups in total. The fourth-order valence-electron chi connectivity index (χ4n) is 1.65. The second-order valence-corrected chi connectivity index (χ2v) is 5.35. The van der Waals surface area contributed by atoms with Gasteiger partial charge in [-0.05, 0) is 48.9 Å². The number of nitrogen functional groups attached to an aromatic ring is 1. The summed E-state index contributed by atoms with van der Waals surface area (Å²) in [4.78, 5) is 12.3. The molecule has 0 bridgehead atoms. The van der Waals surface area contributed by atoms with Crippen molar-refractivity contribution >= 4 is 39.0 Å². The minimum absolute atomic E-state index is 0.101.